The molecule has 0 saturated heterocycles. The van der Waals surface area contributed by atoms with Crippen molar-refractivity contribution in [2.24, 2.45) is 0 Å². The van der Waals surface area contributed by atoms with Crippen LogP contribution in [0.4, 0.5) is 0 Å². The number of carboxylic acid groups (broad SMARTS) is 2. The number of thioether (sulfide) groups is 1. The molecule has 0 aliphatic rings. The van der Waals surface area contributed by atoms with Crippen LogP contribution in [0.2, 0.25) is 0 Å². The van der Waals surface area contributed by atoms with E-state index in [4.69, 9.17) is 0 Å². The van der Waals surface area contributed by atoms with Gasteiger partial charge in [-0.05, 0) is 48.3 Å². The van der Waals surface area contributed by atoms with Crippen molar-refractivity contribution in [2.75, 3.05) is 11.5 Å². The standard InChI is InChI=1S/C26H34O4S/c1-25(19-23(27)28,21-11-5-3-6-12-21)15-9-17-31-18-10-16-26(2,20-24(29)30)22-13-7-4-8-14-22/h3-8,11-14H,9-10,15-20H2,1-2H3,(H,27,28)(H,29,30). The Labute approximate surface area is 190 Å². The Morgan fingerprint density at radius 2 is 1.06 bits per heavy atom. The maximum absolute atomic E-state index is 11.4. The van der Waals surface area contributed by atoms with Gasteiger partial charge in [-0.3, -0.25) is 9.59 Å². The van der Waals surface area contributed by atoms with Crippen molar-refractivity contribution < 1.29 is 19.8 Å². The molecule has 0 fully saturated rings. The highest BCUT2D eigenvalue weighted by Gasteiger charge is 2.30. The lowest BCUT2D eigenvalue weighted by Crippen LogP contribution is -2.26. The van der Waals surface area contributed by atoms with E-state index >= 15 is 0 Å². The zero-order chi connectivity index (χ0) is 22.7. The summed E-state index contributed by atoms with van der Waals surface area (Å²) in [4.78, 5) is 22.8. The van der Waals surface area contributed by atoms with E-state index < -0.39 is 11.9 Å². The Balaban J connectivity index is 1.81. The van der Waals surface area contributed by atoms with Gasteiger partial charge >= 0.3 is 11.9 Å². The van der Waals surface area contributed by atoms with Gasteiger partial charge in [-0.1, -0.05) is 74.5 Å². The topological polar surface area (TPSA) is 74.6 Å². The first-order valence-corrected chi connectivity index (χ1v) is 12.0. The van der Waals surface area contributed by atoms with Crippen LogP contribution in [-0.2, 0) is 20.4 Å². The van der Waals surface area contributed by atoms with Crippen molar-refractivity contribution in [3.8, 4) is 0 Å². The normalized spacial score (nSPS) is 15.0. The van der Waals surface area contributed by atoms with E-state index in [2.05, 4.69) is 0 Å². The van der Waals surface area contributed by atoms with Crippen LogP contribution in [0.3, 0.4) is 0 Å². The van der Waals surface area contributed by atoms with Crippen LogP contribution in [-0.4, -0.2) is 33.7 Å². The quantitative estimate of drug-likeness (QED) is 0.344. The molecule has 2 aromatic rings. The average Bonchev–Trinajstić information content (AvgIpc) is 2.73. The summed E-state index contributed by atoms with van der Waals surface area (Å²) < 4.78 is 0. The van der Waals surface area contributed by atoms with Gasteiger partial charge in [0.05, 0.1) is 12.8 Å². The first kappa shape index (κ1) is 25.0. The third-order valence-corrected chi connectivity index (χ3v) is 7.21. The van der Waals surface area contributed by atoms with E-state index in [-0.39, 0.29) is 23.7 Å². The van der Waals surface area contributed by atoms with Gasteiger partial charge in [0, 0.05) is 10.8 Å². The fourth-order valence-corrected chi connectivity index (χ4v) is 5.15. The summed E-state index contributed by atoms with van der Waals surface area (Å²) in [6, 6.07) is 19.8. The largest absolute Gasteiger partial charge is 0.481 e. The van der Waals surface area contributed by atoms with Crippen LogP contribution < -0.4 is 0 Å². The number of carbonyl (C=O) groups is 2. The Morgan fingerprint density at radius 1 is 0.710 bits per heavy atom. The second kappa shape index (κ2) is 11.9. The van der Waals surface area contributed by atoms with Gasteiger partial charge in [-0.2, -0.15) is 11.8 Å². The molecule has 0 amide bonds. The van der Waals surface area contributed by atoms with Crippen LogP contribution >= 0.6 is 11.8 Å². The molecule has 31 heavy (non-hydrogen) atoms. The molecule has 4 nitrogen and oxygen atoms in total. The van der Waals surface area contributed by atoms with Gasteiger partial charge < -0.3 is 10.2 Å². The fourth-order valence-electron chi connectivity index (χ4n) is 4.25. The van der Waals surface area contributed by atoms with Crippen molar-refractivity contribution in [2.45, 2.75) is 63.2 Å². The smallest absolute Gasteiger partial charge is 0.304 e. The van der Waals surface area contributed by atoms with Crippen molar-refractivity contribution in [3.05, 3.63) is 71.8 Å². The SMILES string of the molecule is CC(CCCSCCCC(C)(CC(=O)O)c1ccccc1)(CC(=O)O)c1ccccc1. The molecule has 2 aromatic carbocycles. The van der Waals surface area contributed by atoms with Crippen molar-refractivity contribution in [1.29, 1.82) is 0 Å². The predicted octanol–water partition coefficient (Wildman–Crippen LogP) is 6.15. The maximum atomic E-state index is 11.4. The summed E-state index contributed by atoms with van der Waals surface area (Å²) in [6.45, 7) is 4.08. The second-order valence-electron chi connectivity index (χ2n) is 8.81. The van der Waals surface area contributed by atoms with E-state index in [0.29, 0.717) is 0 Å². The lowest BCUT2D eigenvalue weighted by Gasteiger charge is -2.29. The van der Waals surface area contributed by atoms with E-state index in [9.17, 15) is 19.8 Å². The van der Waals surface area contributed by atoms with E-state index in [0.717, 1.165) is 48.3 Å². The highest BCUT2D eigenvalue weighted by Crippen LogP contribution is 2.35. The van der Waals surface area contributed by atoms with Gasteiger partial charge in [-0.25, -0.2) is 0 Å². The molecule has 0 aliphatic heterocycles. The Hall–Kier alpha value is -2.27. The third kappa shape index (κ3) is 8.06. The Morgan fingerprint density at radius 3 is 1.39 bits per heavy atom. The van der Waals surface area contributed by atoms with Gasteiger partial charge in [-0.15, -0.1) is 0 Å². The first-order chi connectivity index (χ1) is 14.8. The molecule has 0 aromatic heterocycles. The minimum Gasteiger partial charge on any atom is -0.481 e. The van der Waals surface area contributed by atoms with Crippen LogP contribution in [0.25, 0.3) is 0 Å². The molecule has 0 spiro atoms. The summed E-state index contributed by atoms with van der Waals surface area (Å²) in [6.07, 6.45) is 3.83. The predicted molar refractivity (Wildman–Crippen MR) is 128 cm³/mol. The monoisotopic (exact) mass is 442 g/mol. The van der Waals surface area contributed by atoms with Gasteiger partial charge in [0.25, 0.3) is 0 Å². The number of hydrogen-bond acceptors (Lipinski definition) is 3. The highest BCUT2D eigenvalue weighted by atomic mass is 32.2. The average molecular weight is 443 g/mol. The Bertz CT molecular complexity index is 754. The first-order valence-electron chi connectivity index (χ1n) is 10.9. The molecule has 2 N–H and O–H groups in total. The zero-order valence-electron chi connectivity index (χ0n) is 18.5. The lowest BCUT2D eigenvalue weighted by atomic mass is 9.76. The zero-order valence-corrected chi connectivity index (χ0v) is 19.4. The summed E-state index contributed by atoms with van der Waals surface area (Å²) in [5, 5.41) is 18.7. The molecule has 0 aliphatic carbocycles. The number of benzene rings is 2. The molecule has 0 heterocycles. The number of carboxylic acids is 2. The van der Waals surface area contributed by atoms with Crippen LogP contribution in [0.15, 0.2) is 60.7 Å². The summed E-state index contributed by atoms with van der Waals surface area (Å²) >= 11 is 1.87. The fraction of sp³-hybridized carbons (Fsp3) is 0.462. The molecular weight excluding hydrogens is 408 g/mol. The maximum Gasteiger partial charge on any atom is 0.304 e. The molecular formula is C26H34O4S. The summed E-state index contributed by atoms with van der Waals surface area (Å²) in [5.41, 5.74) is 1.44. The van der Waals surface area contributed by atoms with Crippen LogP contribution in [0, 0.1) is 0 Å². The summed E-state index contributed by atoms with van der Waals surface area (Å²) in [5.74, 6) is 0.418. The molecule has 168 valence electrons. The highest BCUT2D eigenvalue weighted by molar-refractivity contribution is 7.99. The lowest BCUT2D eigenvalue weighted by molar-refractivity contribution is -0.139. The number of hydrogen-bond donors (Lipinski definition) is 2. The van der Waals surface area contributed by atoms with Crippen LogP contribution in [0.1, 0.15) is 63.5 Å². The van der Waals surface area contributed by atoms with Crippen molar-refractivity contribution in [3.63, 3.8) is 0 Å². The molecule has 0 bridgehead atoms. The minimum atomic E-state index is -0.766. The van der Waals surface area contributed by atoms with Crippen molar-refractivity contribution >= 4 is 23.7 Å². The number of rotatable bonds is 14. The second-order valence-corrected chi connectivity index (χ2v) is 10.0. The van der Waals surface area contributed by atoms with Gasteiger partial charge in [0.15, 0.2) is 0 Å². The van der Waals surface area contributed by atoms with Gasteiger partial charge in [0.1, 0.15) is 0 Å². The summed E-state index contributed by atoms with van der Waals surface area (Å²) in [7, 11) is 0. The molecule has 2 rings (SSSR count). The Kier molecular flexibility index (Phi) is 9.63. The van der Waals surface area contributed by atoms with E-state index in [1.165, 1.54) is 0 Å². The van der Waals surface area contributed by atoms with Crippen molar-refractivity contribution in [1.82, 2.24) is 0 Å². The third-order valence-electron chi connectivity index (χ3n) is 6.06. The molecule has 0 radical (unpaired) electrons. The molecule has 2 unspecified atom stereocenters. The van der Waals surface area contributed by atoms with Crippen LogP contribution in [0.5, 0.6) is 0 Å². The molecule has 0 saturated carbocycles. The number of aliphatic carboxylic acids is 2. The van der Waals surface area contributed by atoms with Gasteiger partial charge in [0.2, 0.25) is 0 Å². The minimum absolute atomic E-state index is 0.131. The van der Waals surface area contributed by atoms with E-state index in [1.807, 2.05) is 86.3 Å². The van der Waals surface area contributed by atoms with E-state index in [1.54, 1.807) is 0 Å². The molecule has 2 atom stereocenters. The molecule has 5 heteroatoms.